The molecule has 13 heavy (non-hydrogen) atoms. The summed E-state index contributed by atoms with van der Waals surface area (Å²) >= 11 is 5.22. The molecule has 0 saturated heterocycles. The molecule has 0 aliphatic heterocycles. The Morgan fingerprint density at radius 2 is 2.00 bits per heavy atom. The molecule has 1 heterocycles. The van der Waals surface area contributed by atoms with Crippen molar-refractivity contribution in [2.75, 3.05) is 0 Å². The molecule has 0 amide bonds. The van der Waals surface area contributed by atoms with E-state index in [-0.39, 0.29) is 0 Å². The highest BCUT2D eigenvalue weighted by atomic mass is 32.1. The third kappa shape index (κ3) is 2.44. The van der Waals surface area contributed by atoms with Gasteiger partial charge in [0, 0.05) is 18.4 Å². The van der Waals surface area contributed by atoms with E-state index in [9.17, 15) is 0 Å². The van der Waals surface area contributed by atoms with Crippen LogP contribution in [0.3, 0.4) is 0 Å². The number of rotatable bonds is 3. The Labute approximate surface area is 85.0 Å². The van der Waals surface area contributed by atoms with Gasteiger partial charge in [-0.1, -0.05) is 27.7 Å². The molecule has 0 bridgehead atoms. The molecule has 0 aromatic carbocycles. The van der Waals surface area contributed by atoms with E-state index < -0.39 is 0 Å². The fourth-order valence-electron chi connectivity index (χ4n) is 1.44. The Bertz CT molecular complexity index is 320. The lowest BCUT2D eigenvalue weighted by molar-refractivity contribution is 0.498. The number of nitrogens with zero attached hydrogens (tertiary/aromatic N) is 1. The monoisotopic (exact) mass is 198 g/mol. The van der Waals surface area contributed by atoms with E-state index in [2.05, 4.69) is 37.2 Å². The van der Waals surface area contributed by atoms with Crippen LogP contribution in [0.25, 0.3) is 0 Å². The van der Waals surface area contributed by atoms with Gasteiger partial charge in [0.25, 0.3) is 0 Å². The van der Waals surface area contributed by atoms with E-state index in [0.717, 1.165) is 11.3 Å². The summed E-state index contributed by atoms with van der Waals surface area (Å²) in [4.78, 5) is 3.10. The second kappa shape index (κ2) is 4.09. The number of hydrogen-bond acceptors (Lipinski definition) is 1. The largest absolute Gasteiger partial charge is 0.337 e. The summed E-state index contributed by atoms with van der Waals surface area (Å²) in [7, 11) is 0. The molecule has 74 valence electrons. The van der Waals surface area contributed by atoms with Crippen LogP contribution in [0, 0.1) is 10.7 Å². The molecule has 1 aromatic heterocycles. The minimum Gasteiger partial charge on any atom is -0.337 e. The maximum Gasteiger partial charge on any atom is 0.177 e. The molecule has 0 fully saturated rings. The van der Waals surface area contributed by atoms with E-state index in [1.54, 1.807) is 0 Å². The van der Waals surface area contributed by atoms with E-state index in [1.807, 2.05) is 6.20 Å². The van der Waals surface area contributed by atoms with Crippen molar-refractivity contribution in [2.24, 2.45) is 5.92 Å². The predicted molar refractivity (Wildman–Crippen MR) is 58.5 cm³/mol. The molecule has 0 radical (unpaired) electrons. The van der Waals surface area contributed by atoms with Crippen LogP contribution in [0.1, 0.15) is 39.3 Å². The van der Waals surface area contributed by atoms with Gasteiger partial charge in [-0.05, 0) is 24.1 Å². The maximum atomic E-state index is 5.22. The molecular weight excluding hydrogens is 180 g/mol. The fraction of sp³-hybridized carbons (Fsp3) is 0.700. The number of hydrogen-bond donors (Lipinski definition) is 1. The highest BCUT2D eigenvalue weighted by molar-refractivity contribution is 7.71. The van der Waals surface area contributed by atoms with Gasteiger partial charge >= 0.3 is 0 Å². The van der Waals surface area contributed by atoms with Crippen molar-refractivity contribution in [3.63, 3.8) is 0 Å². The molecule has 0 atom stereocenters. The summed E-state index contributed by atoms with van der Waals surface area (Å²) in [5.41, 5.74) is 1.30. The quantitative estimate of drug-likeness (QED) is 0.739. The van der Waals surface area contributed by atoms with Crippen molar-refractivity contribution >= 4 is 12.2 Å². The van der Waals surface area contributed by atoms with Crippen LogP contribution in [0.4, 0.5) is 0 Å². The zero-order valence-corrected chi connectivity index (χ0v) is 9.61. The maximum absolute atomic E-state index is 5.22. The molecule has 1 aromatic rings. The topological polar surface area (TPSA) is 20.7 Å². The predicted octanol–water partition coefficient (Wildman–Crippen LogP) is 3.33. The third-order valence-corrected chi connectivity index (χ3v) is 2.38. The minimum absolute atomic E-state index is 0.534. The molecule has 3 heteroatoms. The van der Waals surface area contributed by atoms with Gasteiger partial charge in [0.05, 0.1) is 0 Å². The first-order valence-electron chi connectivity index (χ1n) is 4.80. The standard InChI is InChI=1S/C10H18N2S/c1-7(2)6-12-9(8(3)4)5-11-10(12)13/h5,7-8H,6H2,1-4H3,(H,11,13). The van der Waals surface area contributed by atoms with Crippen molar-refractivity contribution in [1.29, 1.82) is 0 Å². The van der Waals surface area contributed by atoms with Crippen LogP contribution in [0.5, 0.6) is 0 Å². The molecule has 0 unspecified atom stereocenters. The fourth-order valence-corrected chi connectivity index (χ4v) is 1.68. The second-order valence-electron chi connectivity index (χ2n) is 4.18. The van der Waals surface area contributed by atoms with Gasteiger partial charge in [0.2, 0.25) is 0 Å². The van der Waals surface area contributed by atoms with Gasteiger partial charge in [-0.15, -0.1) is 0 Å². The van der Waals surface area contributed by atoms with Crippen molar-refractivity contribution < 1.29 is 0 Å². The molecule has 0 spiro atoms. The molecule has 1 N–H and O–H groups in total. The zero-order chi connectivity index (χ0) is 10.0. The lowest BCUT2D eigenvalue weighted by Crippen LogP contribution is -2.09. The first-order chi connectivity index (χ1) is 6.02. The first kappa shape index (κ1) is 10.5. The van der Waals surface area contributed by atoms with Crippen molar-refractivity contribution in [3.8, 4) is 0 Å². The molecular formula is C10H18N2S. The van der Waals surface area contributed by atoms with Crippen LogP contribution in [0.2, 0.25) is 0 Å². The Balaban J connectivity index is 3.02. The Morgan fingerprint density at radius 1 is 1.38 bits per heavy atom. The van der Waals surface area contributed by atoms with Crippen LogP contribution >= 0.6 is 12.2 Å². The number of aromatic amines is 1. The van der Waals surface area contributed by atoms with E-state index in [0.29, 0.717) is 11.8 Å². The van der Waals surface area contributed by atoms with Gasteiger partial charge < -0.3 is 9.55 Å². The summed E-state index contributed by atoms with van der Waals surface area (Å²) in [5, 5.41) is 0. The number of aromatic nitrogens is 2. The van der Waals surface area contributed by atoms with E-state index in [4.69, 9.17) is 12.2 Å². The van der Waals surface area contributed by atoms with E-state index in [1.165, 1.54) is 5.69 Å². The number of nitrogens with one attached hydrogen (secondary N) is 1. The van der Waals surface area contributed by atoms with Crippen LogP contribution in [-0.4, -0.2) is 9.55 Å². The lowest BCUT2D eigenvalue weighted by Gasteiger charge is -2.12. The van der Waals surface area contributed by atoms with Crippen LogP contribution in [-0.2, 0) is 6.54 Å². The van der Waals surface area contributed by atoms with Gasteiger partial charge in [-0.3, -0.25) is 0 Å². The summed E-state index contributed by atoms with van der Waals surface area (Å²) in [6.07, 6.45) is 2.02. The number of H-pyrrole nitrogens is 1. The summed E-state index contributed by atoms with van der Waals surface area (Å²) < 4.78 is 3.04. The zero-order valence-electron chi connectivity index (χ0n) is 8.79. The van der Waals surface area contributed by atoms with Gasteiger partial charge in [0.15, 0.2) is 4.77 Å². The van der Waals surface area contributed by atoms with Crippen LogP contribution < -0.4 is 0 Å². The SMILES string of the molecule is CC(C)Cn1c(C(C)C)c[nH]c1=S. The van der Waals surface area contributed by atoms with Crippen molar-refractivity contribution in [2.45, 2.75) is 40.2 Å². The van der Waals surface area contributed by atoms with Gasteiger partial charge in [0.1, 0.15) is 0 Å². The van der Waals surface area contributed by atoms with Gasteiger partial charge in [-0.25, -0.2) is 0 Å². The Kier molecular flexibility index (Phi) is 3.31. The minimum atomic E-state index is 0.534. The average molecular weight is 198 g/mol. The third-order valence-electron chi connectivity index (χ3n) is 2.04. The van der Waals surface area contributed by atoms with E-state index >= 15 is 0 Å². The molecule has 2 nitrogen and oxygen atoms in total. The Hall–Kier alpha value is -0.570. The van der Waals surface area contributed by atoms with Gasteiger partial charge in [-0.2, -0.15) is 0 Å². The van der Waals surface area contributed by atoms with Crippen molar-refractivity contribution in [3.05, 3.63) is 16.7 Å². The first-order valence-corrected chi connectivity index (χ1v) is 5.21. The normalized spacial score (nSPS) is 11.5. The molecule has 0 aliphatic rings. The Morgan fingerprint density at radius 3 is 2.46 bits per heavy atom. The molecule has 0 aliphatic carbocycles. The van der Waals surface area contributed by atoms with Crippen LogP contribution in [0.15, 0.2) is 6.20 Å². The molecule has 0 saturated carbocycles. The van der Waals surface area contributed by atoms with Crippen molar-refractivity contribution in [1.82, 2.24) is 9.55 Å². The number of imidazole rings is 1. The highest BCUT2D eigenvalue weighted by Gasteiger charge is 2.08. The highest BCUT2D eigenvalue weighted by Crippen LogP contribution is 2.15. The summed E-state index contributed by atoms with van der Waals surface area (Å²) in [5.74, 6) is 1.17. The lowest BCUT2D eigenvalue weighted by atomic mass is 10.1. The average Bonchev–Trinajstić information content (AvgIpc) is 2.32. The molecule has 1 rings (SSSR count). The second-order valence-corrected chi connectivity index (χ2v) is 4.56. The smallest absolute Gasteiger partial charge is 0.177 e. The summed E-state index contributed by atoms with van der Waals surface area (Å²) in [6.45, 7) is 9.80. The summed E-state index contributed by atoms with van der Waals surface area (Å²) in [6, 6.07) is 0.